The zero-order valence-electron chi connectivity index (χ0n) is 19.7. The SMILES string of the molecule is CC(C)(C)CC(C)(C)c1ccc(OCC(=O)Nc2ncc(Cc3cc(Cl)cc(Cl)c3)s2)cc1. The standard InChI is InChI=1S/C26H30Cl2N2O2S/c1-25(2,3)16-26(4,5)18-6-8-21(9-7-18)32-15-23(31)30-24-29-14-22(33-24)12-17-10-19(27)13-20(28)11-17/h6-11,13-14H,12,15-16H2,1-5H3,(H,29,30,31). The third kappa shape index (κ3) is 8.02. The molecule has 0 bridgehead atoms. The van der Waals surface area contributed by atoms with Crippen LogP contribution in [0.15, 0.2) is 48.7 Å². The number of rotatable bonds is 8. The first-order valence-electron chi connectivity index (χ1n) is 10.8. The minimum Gasteiger partial charge on any atom is -0.484 e. The number of halogens is 2. The van der Waals surface area contributed by atoms with E-state index in [4.69, 9.17) is 27.9 Å². The number of benzene rings is 2. The van der Waals surface area contributed by atoms with Crippen molar-refractivity contribution in [3.05, 3.63) is 74.7 Å². The lowest BCUT2D eigenvalue weighted by Crippen LogP contribution is -2.24. The second-order valence-electron chi connectivity index (χ2n) is 10.1. The van der Waals surface area contributed by atoms with Crippen LogP contribution < -0.4 is 10.1 Å². The maximum absolute atomic E-state index is 12.3. The number of anilines is 1. The van der Waals surface area contributed by atoms with Gasteiger partial charge >= 0.3 is 0 Å². The second-order valence-corrected chi connectivity index (χ2v) is 12.1. The van der Waals surface area contributed by atoms with Crippen LogP contribution in [-0.4, -0.2) is 17.5 Å². The topological polar surface area (TPSA) is 51.2 Å². The van der Waals surface area contributed by atoms with Crippen LogP contribution in [-0.2, 0) is 16.6 Å². The Morgan fingerprint density at radius 2 is 1.67 bits per heavy atom. The minimum absolute atomic E-state index is 0.0626. The Morgan fingerprint density at radius 3 is 2.27 bits per heavy atom. The molecule has 1 amide bonds. The van der Waals surface area contributed by atoms with Gasteiger partial charge in [-0.3, -0.25) is 10.1 Å². The number of hydrogen-bond donors (Lipinski definition) is 1. The average Bonchev–Trinajstić information content (AvgIpc) is 3.10. The molecule has 2 aromatic carbocycles. The van der Waals surface area contributed by atoms with E-state index in [0.29, 0.717) is 27.3 Å². The molecule has 0 aliphatic carbocycles. The van der Waals surface area contributed by atoms with Gasteiger partial charge in [0, 0.05) is 27.5 Å². The van der Waals surface area contributed by atoms with E-state index in [0.717, 1.165) is 16.9 Å². The molecule has 3 aromatic rings. The van der Waals surface area contributed by atoms with Gasteiger partial charge in [0.05, 0.1) is 0 Å². The Kier molecular flexibility index (Phi) is 8.09. The van der Waals surface area contributed by atoms with Gasteiger partial charge in [-0.1, -0.05) is 70.0 Å². The summed E-state index contributed by atoms with van der Waals surface area (Å²) in [6, 6.07) is 13.4. The van der Waals surface area contributed by atoms with Gasteiger partial charge in [0.2, 0.25) is 0 Å². The Balaban J connectivity index is 1.51. The number of carbonyl (C=O) groups is 1. The minimum atomic E-state index is -0.251. The largest absolute Gasteiger partial charge is 0.484 e. The van der Waals surface area contributed by atoms with Crippen molar-refractivity contribution in [2.45, 2.75) is 52.9 Å². The van der Waals surface area contributed by atoms with Gasteiger partial charge in [-0.25, -0.2) is 4.98 Å². The van der Waals surface area contributed by atoms with Gasteiger partial charge in [0.1, 0.15) is 5.75 Å². The van der Waals surface area contributed by atoms with E-state index in [1.807, 2.05) is 24.3 Å². The Morgan fingerprint density at radius 1 is 1.03 bits per heavy atom. The van der Waals surface area contributed by atoms with Crippen LogP contribution in [0.1, 0.15) is 57.0 Å². The number of nitrogens with zero attached hydrogens (tertiary/aromatic N) is 1. The van der Waals surface area contributed by atoms with Crippen LogP contribution in [0, 0.1) is 5.41 Å². The van der Waals surface area contributed by atoms with Gasteiger partial charge in [-0.05, 0) is 58.7 Å². The number of thiazole rings is 1. The van der Waals surface area contributed by atoms with Crippen LogP contribution in [0.5, 0.6) is 5.75 Å². The Bertz CT molecular complexity index is 1080. The lowest BCUT2D eigenvalue weighted by atomic mass is 9.72. The summed E-state index contributed by atoms with van der Waals surface area (Å²) in [5.74, 6) is 0.414. The Hall–Kier alpha value is -2.08. The van der Waals surface area contributed by atoms with Crippen molar-refractivity contribution in [3.63, 3.8) is 0 Å². The summed E-state index contributed by atoms with van der Waals surface area (Å²) >= 11 is 13.5. The fourth-order valence-electron chi connectivity index (χ4n) is 4.10. The summed E-state index contributed by atoms with van der Waals surface area (Å²) in [7, 11) is 0. The number of carbonyl (C=O) groups excluding carboxylic acids is 1. The normalized spacial score (nSPS) is 12.0. The number of nitrogens with one attached hydrogen (secondary N) is 1. The van der Waals surface area contributed by atoms with Gasteiger partial charge in [0.15, 0.2) is 11.7 Å². The summed E-state index contributed by atoms with van der Waals surface area (Å²) in [4.78, 5) is 17.6. The summed E-state index contributed by atoms with van der Waals surface area (Å²) in [5, 5.41) is 4.52. The van der Waals surface area contributed by atoms with E-state index in [1.165, 1.54) is 16.9 Å². The molecule has 1 N–H and O–H groups in total. The highest BCUT2D eigenvalue weighted by Crippen LogP contribution is 2.36. The maximum atomic E-state index is 12.3. The highest BCUT2D eigenvalue weighted by atomic mass is 35.5. The van der Waals surface area contributed by atoms with Gasteiger partial charge in [-0.15, -0.1) is 11.3 Å². The van der Waals surface area contributed by atoms with Gasteiger partial charge in [-0.2, -0.15) is 0 Å². The molecule has 0 spiro atoms. The highest BCUT2D eigenvalue weighted by molar-refractivity contribution is 7.15. The first-order valence-corrected chi connectivity index (χ1v) is 12.4. The lowest BCUT2D eigenvalue weighted by molar-refractivity contribution is -0.118. The molecule has 0 saturated carbocycles. The maximum Gasteiger partial charge on any atom is 0.264 e. The third-order valence-electron chi connectivity index (χ3n) is 5.08. The average molecular weight is 506 g/mol. The summed E-state index contributed by atoms with van der Waals surface area (Å²) in [6.07, 6.45) is 3.46. The second kappa shape index (κ2) is 10.5. The van der Waals surface area contributed by atoms with Crippen molar-refractivity contribution < 1.29 is 9.53 Å². The molecular formula is C26H30Cl2N2O2S. The van der Waals surface area contributed by atoms with E-state index in [-0.39, 0.29) is 23.3 Å². The molecule has 33 heavy (non-hydrogen) atoms. The predicted octanol–water partition coefficient (Wildman–Crippen LogP) is 7.77. The molecule has 0 unspecified atom stereocenters. The molecule has 7 heteroatoms. The van der Waals surface area contributed by atoms with E-state index in [2.05, 4.69) is 57.1 Å². The first-order chi connectivity index (χ1) is 15.4. The fourth-order valence-corrected chi connectivity index (χ4v) is 5.53. The molecule has 0 aliphatic heterocycles. The van der Waals surface area contributed by atoms with E-state index in [9.17, 15) is 4.79 Å². The van der Waals surface area contributed by atoms with E-state index in [1.54, 1.807) is 12.3 Å². The molecular weight excluding hydrogens is 475 g/mol. The van der Waals surface area contributed by atoms with Crippen LogP contribution in [0.2, 0.25) is 10.0 Å². The van der Waals surface area contributed by atoms with Crippen LogP contribution in [0.3, 0.4) is 0 Å². The van der Waals surface area contributed by atoms with Crippen molar-refractivity contribution in [2.24, 2.45) is 5.41 Å². The third-order valence-corrected chi connectivity index (χ3v) is 6.43. The molecule has 1 heterocycles. The van der Waals surface area contributed by atoms with Crippen molar-refractivity contribution >= 4 is 45.6 Å². The molecule has 0 fully saturated rings. The van der Waals surface area contributed by atoms with Crippen molar-refractivity contribution in [1.82, 2.24) is 4.98 Å². The molecule has 0 saturated heterocycles. The van der Waals surface area contributed by atoms with Crippen LogP contribution >= 0.6 is 34.5 Å². The van der Waals surface area contributed by atoms with Crippen LogP contribution in [0.25, 0.3) is 0 Å². The molecule has 0 radical (unpaired) electrons. The fraction of sp³-hybridized carbons (Fsp3) is 0.385. The van der Waals surface area contributed by atoms with Gasteiger partial charge in [0.25, 0.3) is 5.91 Å². The first kappa shape index (κ1) is 25.5. The zero-order valence-corrected chi connectivity index (χ0v) is 22.0. The number of hydrogen-bond acceptors (Lipinski definition) is 4. The van der Waals surface area contributed by atoms with E-state index < -0.39 is 0 Å². The molecule has 0 aliphatic rings. The molecule has 0 atom stereocenters. The number of amides is 1. The molecule has 4 nitrogen and oxygen atoms in total. The molecule has 176 valence electrons. The summed E-state index contributed by atoms with van der Waals surface area (Å²) < 4.78 is 5.67. The predicted molar refractivity (Wildman–Crippen MR) is 139 cm³/mol. The number of aromatic nitrogens is 1. The lowest BCUT2D eigenvalue weighted by Gasteiger charge is -2.33. The quantitative estimate of drug-likeness (QED) is 0.340. The molecule has 3 rings (SSSR count). The summed E-state index contributed by atoms with van der Waals surface area (Å²) in [6.45, 7) is 11.2. The van der Waals surface area contributed by atoms with Gasteiger partial charge < -0.3 is 4.74 Å². The smallest absolute Gasteiger partial charge is 0.264 e. The van der Waals surface area contributed by atoms with Crippen molar-refractivity contribution in [3.8, 4) is 5.75 Å². The highest BCUT2D eigenvalue weighted by Gasteiger charge is 2.27. The monoisotopic (exact) mass is 504 g/mol. The molecule has 1 aromatic heterocycles. The van der Waals surface area contributed by atoms with Crippen molar-refractivity contribution in [1.29, 1.82) is 0 Å². The van der Waals surface area contributed by atoms with E-state index >= 15 is 0 Å². The van der Waals surface area contributed by atoms with Crippen molar-refractivity contribution in [2.75, 3.05) is 11.9 Å². The number of ether oxygens (including phenoxy) is 1. The summed E-state index contributed by atoms with van der Waals surface area (Å²) in [5.41, 5.74) is 2.55. The van der Waals surface area contributed by atoms with Crippen LogP contribution in [0.4, 0.5) is 5.13 Å². The Labute approximate surface area is 210 Å². The zero-order chi connectivity index (χ0) is 24.2.